The van der Waals surface area contributed by atoms with Gasteiger partial charge in [0.15, 0.2) is 23.4 Å². The number of pyridine rings is 2. The smallest absolute Gasteiger partial charge is 1.00 e. The van der Waals surface area contributed by atoms with Crippen molar-refractivity contribution in [3.8, 4) is 22.6 Å². The Kier molecular flexibility index (Phi) is 16.1. The fourth-order valence-electron chi connectivity index (χ4n) is 6.76. The van der Waals surface area contributed by atoms with E-state index < -0.39 is 34.7 Å². The number of rotatable bonds is 6. The molecule has 4 aromatic heterocycles. The number of alkyl halides is 2. The third kappa shape index (κ3) is 12.0. The van der Waals surface area contributed by atoms with Gasteiger partial charge in [0.25, 0.3) is 0 Å². The number of carbonyl (C=O) groups excluding carboxylic acids is 3. The second kappa shape index (κ2) is 19.3. The molecule has 0 unspecified atom stereocenters. The van der Waals surface area contributed by atoms with Crippen LogP contribution in [0.5, 0.6) is 0 Å². The first-order chi connectivity index (χ1) is 26.2. The Balaban J connectivity index is 0.000000387. The number of likely N-dealkylation sites (tertiary alicyclic amines) is 2. The molecule has 2 aliphatic rings. The molecule has 307 valence electrons. The standard InChI is InChI=1S/C21H27FN2O4.C21H25FN2O4.B.Na.H/c2*1-14-11-15(17-6-5-16(13-25)27-17)12-23-18(14)21(22)7-9-24(10-8-21)19(26)28-20(2,3)4;;;/h5-6,11-12,25H,7-10,13H2,1-4H3;5-6,11-13H,7-10H2,1-4H3;;;/q;;;+1;-1. The number of aryl methyl sites for hydroxylation is 2. The molecular formula is C42H53BF2N4NaO8. The number of aliphatic hydroxyl groups excluding tert-OH is 1. The minimum atomic E-state index is -1.60. The number of carbonyl (C=O) groups is 3. The van der Waals surface area contributed by atoms with Gasteiger partial charge in [0.2, 0.25) is 0 Å². The number of hydrogen-bond acceptors (Lipinski definition) is 10. The van der Waals surface area contributed by atoms with Crippen molar-refractivity contribution < 1.29 is 77.6 Å². The summed E-state index contributed by atoms with van der Waals surface area (Å²) in [5.41, 5.74) is -0.709. The minimum Gasteiger partial charge on any atom is -1.00 e. The number of furan rings is 2. The van der Waals surface area contributed by atoms with Gasteiger partial charge in [-0.05, 0) is 103 Å². The van der Waals surface area contributed by atoms with Gasteiger partial charge in [0.05, 0.1) is 11.4 Å². The summed E-state index contributed by atoms with van der Waals surface area (Å²) in [4.78, 5) is 47.0. The summed E-state index contributed by atoms with van der Waals surface area (Å²) in [6.07, 6.45) is 3.62. The van der Waals surface area contributed by atoms with Crippen molar-refractivity contribution in [1.82, 2.24) is 19.8 Å². The Morgan fingerprint density at radius 3 is 1.50 bits per heavy atom. The predicted molar refractivity (Wildman–Crippen MR) is 211 cm³/mol. The Morgan fingerprint density at radius 1 is 0.776 bits per heavy atom. The molecule has 0 saturated carbocycles. The van der Waals surface area contributed by atoms with Crippen LogP contribution < -0.4 is 29.6 Å². The molecule has 6 heterocycles. The second-order valence-electron chi connectivity index (χ2n) is 16.4. The van der Waals surface area contributed by atoms with E-state index >= 15 is 8.78 Å². The van der Waals surface area contributed by atoms with E-state index in [2.05, 4.69) is 9.97 Å². The van der Waals surface area contributed by atoms with E-state index in [-0.39, 0.29) is 104 Å². The zero-order valence-electron chi connectivity index (χ0n) is 36.0. The van der Waals surface area contributed by atoms with E-state index in [4.69, 9.17) is 23.4 Å². The van der Waals surface area contributed by atoms with Crippen LogP contribution in [0.25, 0.3) is 22.6 Å². The van der Waals surface area contributed by atoms with Crippen LogP contribution in [0.15, 0.2) is 57.6 Å². The number of aliphatic hydroxyl groups is 1. The van der Waals surface area contributed by atoms with E-state index in [1.807, 2.05) is 33.8 Å². The third-order valence-electron chi connectivity index (χ3n) is 9.55. The quantitative estimate of drug-likeness (QED) is 0.189. The number of aldehydes is 1. The maximum absolute atomic E-state index is 15.6. The Bertz CT molecular complexity index is 2030. The molecule has 2 amide bonds. The zero-order chi connectivity index (χ0) is 41.1. The summed E-state index contributed by atoms with van der Waals surface area (Å²) in [7, 11) is 0. The van der Waals surface area contributed by atoms with Crippen LogP contribution in [0, 0.1) is 13.8 Å². The number of hydrogen-bond donors (Lipinski definition) is 1. The predicted octanol–water partition coefficient (Wildman–Crippen LogP) is 5.73. The molecule has 2 aliphatic heterocycles. The number of halogens is 2. The average molecular weight is 814 g/mol. The number of nitrogens with zero attached hydrogens (tertiary/aromatic N) is 4. The van der Waals surface area contributed by atoms with Gasteiger partial charge >= 0.3 is 41.7 Å². The van der Waals surface area contributed by atoms with Crippen LogP contribution in [0.2, 0.25) is 0 Å². The summed E-state index contributed by atoms with van der Waals surface area (Å²) in [5, 5.41) is 9.13. The van der Waals surface area contributed by atoms with Gasteiger partial charge < -0.3 is 34.6 Å². The molecule has 6 rings (SSSR count). The molecule has 0 atom stereocenters. The zero-order valence-corrected chi connectivity index (χ0v) is 37.0. The molecular weight excluding hydrogens is 760 g/mol. The summed E-state index contributed by atoms with van der Waals surface area (Å²) in [5.74, 6) is 1.79. The Morgan fingerprint density at radius 2 is 1.17 bits per heavy atom. The van der Waals surface area contributed by atoms with Gasteiger partial charge in [-0.25, -0.2) is 18.4 Å². The SMILES string of the molecule is Cc1cc(-c2ccc(C=O)o2)cnc1C1(F)CCN(C(=O)OC(C)(C)C)CC1.Cc1cc(-c2ccc(CO)o2)cnc1C1(F)CCN(C(=O)OC(C)(C)C)CC1.[B].[H-].[Na+]. The fourth-order valence-corrected chi connectivity index (χ4v) is 6.76. The van der Waals surface area contributed by atoms with Crippen molar-refractivity contribution in [2.24, 2.45) is 0 Å². The van der Waals surface area contributed by atoms with Gasteiger partial charge in [-0.3, -0.25) is 14.8 Å². The van der Waals surface area contributed by atoms with Crippen molar-refractivity contribution in [3.05, 3.63) is 82.8 Å². The maximum atomic E-state index is 15.6. The monoisotopic (exact) mass is 813 g/mol. The van der Waals surface area contributed by atoms with Gasteiger partial charge in [-0.1, -0.05) is 0 Å². The van der Waals surface area contributed by atoms with Gasteiger partial charge in [-0.2, -0.15) is 0 Å². The van der Waals surface area contributed by atoms with Crippen molar-refractivity contribution >= 4 is 26.9 Å². The fraction of sp³-hybridized carbons (Fsp3) is 0.500. The number of ether oxygens (including phenoxy) is 2. The van der Waals surface area contributed by atoms with Crippen molar-refractivity contribution in [1.29, 1.82) is 0 Å². The number of piperidine rings is 2. The summed E-state index contributed by atoms with van der Waals surface area (Å²) in [6, 6.07) is 10.4. The first-order valence-electron chi connectivity index (χ1n) is 18.8. The van der Waals surface area contributed by atoms with Gasteiger partial charge in [-0.15, -0.1) is 0 Å². The van der Waals surface area contributed by atoms with Crippen molar-refractivity contribution in [2.45, 2.75) is 110 Å². The molecule has 3 radical (unpaired) electrons. The molecule has 4 aromatic rings. The first kappa shape index (κ1) is 48.3. The van der Waals surface area contributed by atoms with Crippen LogP contribution in [0.3, 0.4) is 0 Å². The van der Waals surface area contributed by atoms with E-state index in [0.29, 0.717) is 46.1 Å². The van der Waals surface area contributed by atoms with Crippen LogP contribution in [-0.4, -0.2) is 89.1 Å². The van der Waals surface area contributed by atoms with E-state index in [1.165, 1.54) is 4.90 Å². The average Bonchev–Trinajstić information content (AvgIpc) is 3.81. The van der Waals surface area contributed by atoms with Gasteiger partial charge in [0.1, 0.15) is 35.1 Å². The Labute approximate surface area is 364 Å². The largest absolute Gasteiger partial charge is 1.00 e. The maximum Gasteiger partial charge on any atom is 1.00 e. The van der Waals surface area contributed by atoms with Crippen molar-refractivity contribution in [3.63, 3.8) is 0 Å². The molecule has 0 aromatic carbocycles. The van der Waals surface area contributed by atoms with Crippen LogP contribution in [0.4, 0.5) is 18.4 Å². The summed E-state index contributed by atoms with van der Waals surface area (Å²) < 4.78 is 52.9. The molecule has 58 heavy (non-hydrogen) atoms. The minimum absolute atomic E-state index is 0. The Hall–Kier alpha value is -4.05. The van der Waals surface area contributed by atoms with E-state index in [9.17, 15) is 14.4 Å². The first-order valence-corrected chi connectivity index (χ1v) is 18.8. The second-order valence-corrected chi connectivity index (χ2v) is 16.4. The van der Waals surface area contributed by atoms with Gasteiger partial charge in [0, 0.05) is 83.8 Å². The van der Waals surface area contributed by atoms with Crippen LogP contribution >= 0.6 is 0 Å². The number of amides is 2. The molecule has 0 aliphatic carbocycles. The van der Waals surface area contributed by atoms with E-state index in [1.54, 1.807) is 75.3 Å². The molecule has 2 fully saturated rings. The molecule has 2 saturated heterocycles. The van der Waals surface area contributed by atoms with Crippen LogP contribution in [0.1, 0.15) is 107 Å². The third-order valence-corrected chi connectivity index (χ3v) is 9.55. The molecule has 0 spiro atoms. The topological polar surface area (TPSA) is 148 Å². The van der Waals surface area contributed by atoms with Crippen LogP contribution in [-0.2, 0) is 27.4 Å². The van der Waals surface area contributed by atoms with E-state index in [0.717, 1.165) is 11.1 Å². The number of aromatic nitrogens is 2. The van der Waals surface area contributed by atoms with Crippen molar-refractivity contribution in [2.75, 3.05) is 26.2 Å². The molecule has 0 bridgehead atoms. The molecule has 1 N–H and O–H groups in total. The normalized spacial score (nSPS) is 16.2. The summed E-state index contributed by atoms with van der Waals surface area (Å²) in [6.45, 7) is 15.4. The summed E-state index contributed by atoms with van der Waals surface area (Å²) >= 11 is 0. The molecule has 12 nitrogen and oxygen atoms in total. The molecule has 16 heteroatoms.